The number of rotatable bonds is 15. The number of guanidine groups is 1. The molecule has 3 atom stereocenters. The van der Waals surface area contributed by atoms with Crippen LogP contribution in [0.3, 0.4) is 0 Å². The second kappa shape index (κ2) is 14.7. The van der Waals surface area contributed by atoms with Crippen LogP contribution in [0.15, 0.2) is 65.9 Å². The van der Waals surface area contributed by atoms with E-state index in [-0.39, 0.29) is 31.8 Å². The molecule has 0 radical (unpaired) electrons. The molecule has 0 aliphatic carbocycles. The number of carboxylic acid groups (broad SMARTS) is 1. The predicted molar refractivity (Wildman–Crippen MR) is 166 cm³/mol. The van der Waals surface area contributed by atoms with Gasteiger partial charge >= 0.3 is 5.97 Å². The summed E-state index contributed by atoms with van der Waals surface area (Å²) in [4.78, 5) is 61.0. The Labute approximate surface area is 252 Å². The van der Waals surface area contributed by atoms with Crippen LogP contribution in [0.5, 0.6) is 0 Å². The third-order valence-corrected chi connectivity index (χ3v) is 7.19. The van der Waals surface area contributed by atoms with E-state index in [9.17, 15) is 24.3 Å². The van der Waals surface area contributed by atoms with E-state index in [2.05, 4.69) is 30.9 Å². The molecule has 232 valence electrons. The Morgan fingerprint density at radius 3 is 2.00 bits per heavy atom. The van der Waals surface area contributed by atoms with Crippen LogP contribution in [-0.2, 0) is 32.0 Å². The smallest absolute Gasteiger partial charge is 0.326 e. The molecule has 0 aliphatic rings. The number of para-hydroxylation sites is 2. The lowest BCUT2D eigenvalue weighted by molar-refractivity contribution is -0.142. The van der Waals surface area contributed by atoms with Crippen LogP contribution < -0.4 is 33.2 Å². The van der Waals surface area contributed by atoms with E-state index < -0.39 is 48.4 Å². The van der Waals surface area contributed by atoms with Crippen LogP contribution in [0, 0.1) is 0 Å². The number of hydrogen-bond donors (Lipinski definition) is 9. The van der Waals surface area contributed by atoms with E-state index in [0.29, 0.717) is 6.42 Å². The van der Waals surface area contributed by atoms with E-state index >= 15 is 0 Å². The number of nitrogens with two attached hydrogens (primary N) is 3. The number of hydrogen-bond acceptors (Lipinski definition) is 6. The van der Waals surface area contributed by atoms with Crippen molar-refractivity contribution >= 4 is 51.5 Å². The molecule has 4 rings (SSSR count). The highest BCUT2D eigenvalue weighted by atomic mass is 16.4. The predicted octanol–water partition coefficient (Wildman–Crippen LogP) is -0.0143. The van der Waals surface area contributed by atoms with Gasteiger partial charge in [-0.2, -0.15) is 0 Å². The maximum Gasteiger partial charge on any atom is 0.326 e. The summed E-state index contributed by atoms with van der Waals surface area (Å²) in [7, 11) is 0. The van der Waals surface area contributed by atoms with Gasteiger partial charge in [0.1, 0.15) is 12.1 Å². The van der Waals surface area contributed by atoms with Gasteiger partial charge in [0.05, 0.1) is 12.6 Å². The molecule has 2 aromatic heterocycles. The Hall–Kier alpha value is -5.37. The normalized spacial score (nSPS) is 13.1. The first kappa shape index (κ1) is 31.6. The number of carbonyl (C=O) groups excluding carboxylic acids is 3. The molecule has 0 saturated heterocycles. The summed E-state index contributed by atoms with van der Waals surface area (Å²) in [6, 6.07) is 11.8. The lowest BCUT2D eigenvalue weighted by Gasteiger charge is -2.22. The van der Waals surface area contributed by atoms with Crippen LogP contribution in [0.2, 0.25) is 0 Å². The first-order valence-electron chi connectivity index (χ1n) is 14.1. The minimum Gasteiger partial charge on any atom is -0.480 e. The number of nitrogens with one attached hydrogen (secondary N) is 5. The monoisotopic (exact) mass is 603 g/mol. The van der Waals surface area contributed by atoms with Crippen LogP contribution in [-0.4, -0.2) is 75.9 Å². The van der Waals surface area contributed by atoms with E-state index in [4.69, 9.17) is 17.2 Å². The first-order chi connectivity index (χ1) is 21.1. The largest absolute Gasteiger partial charge is 0.480 e. The molecule has 12 N–H and O–H groups in total. The van der Waals surface area contributed by atoms with Gasteiger partial charge in [-0.05, 0) is 42.5 Å². The maximum atomic E-state index is 13.4. The van der Waals surface area contributed by atoms with Gasteiger partial charge in [0.2, 0.25) is 17.7 Å². The third kappa shape index (κ3) is 8.35. The number of benzene rings is 2. The summed E-state index contributed by atoms with van der Waals surface area (Å²) in [6.07, 6.45) is 4.21. The molecule has 2 heterocycles. The zero-order valence-corrected chi connectivity index (χ0v) is 24.0. The first-order valence-corrected chi connectivity index (χ1v) is 14.1. The van der Waals surface area contributed by atoms with Crippen LogP contribution in [0.25, 0.3) is 21.8 Å². The minimum absolute atomic E-state index is 0.0654. The van der Waals surface area contributed by atoms with E-state index in [1.165, 1.54) is 0 Å². The SMILES string of the molecule is NC(N)=NCCCC(NC(=O)C(Cc1c[nH]c2ccccc12)NC(=O)CNC(=O)C(N)Cc1c[nH]c2ccccc12)C(=O)O. The molecular weight excluding hydrogens is 566 g/mol. The number of amides is 3. The zero-order chi connectivity index (χ0) is 31.6. The Morgan fingerprint density at radius 1 is 0.818 bits per heavy atom. The second-order valence-corrected chi connectivity index (χ2v) is 10.4. The zero-order valence-electron chi connectivity index (χ0n) is 24.0. The van der Waals surface area contributed by atoms with E-state index in [0.717, 1.165) is 32.9 Å². The number of aromatic nitrogens is 2. The number of aliphatic carboxylic acids is 1. The maximum absolute atomic E-state index is 13.4. The van der Waals surface area contributed by atoms with Crippen molar-refractivity contribution in [2.45, 2.75) is 43.8 Å². The highest BCUT2D eigenvalue weighted by molar-refractivity contribution is 5.94. The van der Waals surface area contributed by atoms with Crippen molar-refractivity contribution in [3.05, 3.63) is 72.1 Å². The van der Waals surface area contributed by atoms with Crippen molar-refractivity contribution in [2.24, 2.45) is 22.2 Å². The molecule has 2 aromatic carbocycles. The van der Waals surface area contributed by atoms with Gasteiger partial charge in [0, 0.05) is 47.2 Å². The number of fused-ring (bicyclic) bond motifs is 2. The second-order valence-electron chi connectivity index (χ2n) is 10.4. The van der Waals surface area contributed by atoms with Crippen LogP contribution in [0.4, 0.5) is 0 Å². The van der Waals surface area contributed by atoms with Crippen molar-refractivity contribution in [1.82, 2.24) is 25.9 Å². The van der Waals surface area contributed by atoms with Crippen molar-refractivity contribution in [1.29, 1.82) is 0 Å². The van der Waals surface area contributed by atoms with Crippen molar-refractivity contribution < 1.29 is 24.3 Å². The lowest BCUT2D eigenvalue weighted by Crippen LogP contribution is -2.54. The summed E-state index contributed by atoms with van der Waals surface area (Å²) in [5.41, 5.74) is 20.1. The molecule has 0 saturated carbocycles. The molecule has 4 aromatic rings. The fraction of sp³-hybridized carbons (Fsp3) is 0.300. The van der Waals surface area contributed by atoms with Gasteiger partial charge in [-0.1, -0.05) is 36.4 Å². The average Bonchev–Trinajstić information content (AvgIpc) is 3.60. The highest BCUT2D eigenvalue weighted by Gasteiger charge is 2.28. The van der Waals surface area contributed by atoms with Gasteiger partial charge < -0.3 is 48.2 Å². The number of nitrogens with zero attached hydrogens (tertiary/aromatic N) is 1. The highest BCUT2D eigenvalue weighted by Crippen LogP contribution is 2.20. The fourth-order valence-electron chi connectivity index (χ4n) is 4.94. The topological polar surface area (TPSA) is 247 Å². The van der Waals surface area contributed by atoms with E-state index in [1.54, 1.807) is 12.4 Å². The Balaban J connectivity index is 1.40. The van der Waals surface area contributed by atoms with Gasteiger partial charge in [-0.3, -0.25) is 19.4 Å². The summed E-state index contributed by atoms with van der Waals surface area (Å²) in [5, 5.41) is 19.2. The van der Waals surface area contributed by atoms with Crippen molar-refractivity contribution in [3.8, 4) is 0 Å². The lowest BCUT2D eigenvalue weighted by atomic mass is 10.0. The summed E-state index contributed by atoms with van der Waals surface area (Å²) < 4.78 is 0. The number of aromatic amines is 2. The average molecular weight is 604 g/mol. The van der Waals surface area contributed by atoms with Gasteiger partial charge in [0.25, 0.3) is 0 Å². The third-order valence-electron chi connectivity index (χ3n) is 7.19. The molecule has 0 bridgehead atoms. The molecule has 0 spiro atoms. The fourth-order valence-corrected chi connectivity index (χ4v) is 4.94. The van der Waals surface area contributed by atoms with Crippen molar-refractivity contribution in [3.63, 3.8) is 0 Å². The molecular formula is C30H37N9O5. The molecule has 3 amide bonds. The summed E-state index contributed by atoms with van der Waals surface area (Å²) >= 11 is 0. The molecule has 14 nitrogen and oxygen atoms in total. The number of aliphatic imine (C=N–C) groups is 1. The number of H-pyrrole nitrogens is 2. The van der Waals surface area contributed by atoms with Crippen molar-refractivity contribution in [2.75, 3.05) is 13.1 Å². The number of carboxylic acids is 1. The van der Waals surface area contributed by atoms with Crippen LogP contribution in [0.1, 0.15) is 24.0 Å². The Bertz CT molecular complexity index is 1660. The standard InChI is InChI=1S/C30H37N9O5/c31-21(12-17-14-35-22-8-3-1-6-19(17)22)27(41)37-16-26(40)38-25(13-18-15-36-23-9-4-2-7-20(18)23)28(42)39-24(29(43)44)10-5-11-34-30(32)33/h1-4,6-9,14-15,21,24-25,35-36H,5,10-13,16,31H2,(H,37,41)(H,38,40)(H,39,42)(H,43,44)(H4,32,33,34). The minimum atomic E-state index is -1.24. The quantitative estimate of drug-likeness (QED) is 0.0506. The summed E-state index contributed by atoms with van der Waals surface area (Å²) in [6.45, 7) is -0.238. The van der Waals surface area contributed by atoms with Crippen LogP contribution >= 0.6 is 0 Å². The Morgan fingerprint density at radius 2 is 1.41 bits per heavy atom. The van der Waals surface area contributed by atoms with Gasteiger partial charge in [-0.15, -0.1) is 0 Å². The molecule has 0 aliphatic heterocycles. The van der Waals surface area contributed by atoms with Gasteiger partial charge in [0.15, 0.2) is 5.96 Å². The van der Waals surface area contributed by atoms with E-state index in [1.807, 2.05) is 48.5 Å². The number of carbonyl (C=O) groups is 4. The molecule has 14 heteroatoms. The molecule has 3 unspecified atom stereocenters. The summed E-state index contributed by atoms with van der Waals surface area (Å²) in [5.74, 6) is -3.22. The Kier molecular flexibility index (Phi) is 10.5. The molecule has 0 fully saturated rings. The molecule has 44 heavy (non-hydrogen) atoms. The van der Waals surface area contributed by atoms with Gasteiger partial charge in [-0.25, -0.2) is 4.79 Å².